The molecule has 1 unspecified atom stereocenters. The molecular weight excluding hydrogens is 348 g/mol. The summed E-state index contributed by atoms with van der Waals surface area (Å²) >= 11 is 0. The first kappa shape index (κ1) is 22.3. The third-order valence-corrected chi connectivity index (χ3v) is 5.45. The molecule has 0 radical (unpaired) electrons. The molecule has 0 spiro atoms. The van der Waals surface area contributed by atoms with E-state index in [-0.39, 0.29) is 23.3 Å². The molecule has 1 aromatic carbocycles. The van der Waals surface area contributed by atoms with Crippen LogP contribution >= 0.6 is 0 Å². The first-order valence-electron chi connectivity index (χ1n) is 10.6. The van der Waals surface area contributed by atoms with E-state index in [1.807, 2.05) is 25.8 Å². The molecule has 1 saturated heterocycles. The molecule has 156 valence electrons. The summed E-state index contributed by atoms with van der Waals surface area (Å²) in [5.41, 5.74) is 1.60. The van der Waals surface area contributed by atoms with E-state index in [4.69, 9.17) is 0 Å². The van der Waals surface area contributed by atoms with Gasteiger partial charge < -0.3 is 15.5 Å². The predicted molar refractivity (Wildman–Crippen MR) is 117 cm³/mol. The maximum absolute atomic E-state index is 12.2. The second-order valence-corrected chi connectivity index (χ2v) is 9.00. The van der Waals surface area contributed by atoms with E-state index in [1.165, 1.54) is 12.0 Å². The molecule has 1 aliphatic rings. The van der Waals surface area contributed by atoms with E-state index < -0.39 is 0 Å². The minimum atomic E-state index is 0.0628. The van der Waals surface area contributed by atoms with Crippen molar-refractivity contribution in [3.63, 3.8) is 0 Å². The molecule has 1 atom stereocenters. The largest absolute Gasteiger partial charge is 0.356 e. The molecule has 1 aromatic rings. The van der Waals surface area contributed by atoms with Crippen LogP contribution in [-0.2, 0) is 11.2 Å². The van der Waals surface area contributed by atoms with E-state index in [1.54, 1.807) is 0 Å². The number of hydrogen-bond donors (Lipinski definition) is 2. The predicted octanol–water partition coefficient (Wildman–Crippen LogP) is 3.46. The van der Waals surface area contributed by atoms with Crippen LogP contribution in [0.3, 0.4) is 0 Å². The molecule has 1 aliphatic heterocycles. The van der Waals surface area contributed by atoms with Gasteiger partial charge in [-0.05, 0) is 36.7 Å². The van der Waals surface area contributed by atoms with E-state index in [0.29, 0.717) is 0 Å². The number of amides is 1. The van der Waals surface area contributed by atoms with Crippen LogP contribution in [0.15, 0.2) is 35.3 Å². The van der Waals surface area contributed by atoms with Crippen LogP contribution in [0, 0.1) is 11.3 Å². The Bertz CT molecular complexity index is 639. The number of likely N-dealkylation sites (tertiary alicyclic amines) is 1. The van der Waals surface area contributed by atoms with Crippen molar-refractivity contribution in [3.05, 3.63) is 35.9 Å². The Hall–Kier alpha value is -2.04. The lowest BCUT2D eigenvalue weighted by molar-refractivity contribution is -0.133. The highest BCUT2D eigenvalue weighted by atomic mass is 16.2. The molecule has 0 saturated carbocycles. The highest BCUT2D eigenvalue weighted by Gasteiger charge is 2.28. The Morgan fingerprint density at radius 2 is 2.00 bits per heavy atom. The Balaban J connectivity index is 1.73. The van der Waals surface area contributed by atoms with Crippen molar-refractivity contribution < 1.29 is 4.79 Å². The van der Waals surface area contributed by atoms with E-state index in [0.717, 1.165) is 44.9 Å². The summed E-state index contributed by atoms with van der Waals surface area (Å²) in [6.45, 7) is 11.0. The monoisotopic (exact) mass is 386 g/mol. The molecule has 5 nitrogen and oxygen atoms in total. The zero-order valence-corrected chi connectivity index (χ0v) is 18.3. The van der Waals surface area contributed by atoms with Crippen LogP contribution < -0.4 is 10.6 Å². The van der Waals surface area contributed by atoms with Crippen molar-refractivity contribution in [3.8, 4) is 0 Å². The van der Waals surface area contributed by atoms with Crippen LogP contribution in [0.1, 0.15) is 52.5 Å². The average Bonchev–Trinajstić information content (AvgIpc) is 3.13. The van der Waals surface area contributed by atoms with Gasteiger partial charge >= 0.3 is 0 Å². The fourth-order valence-electron chi connectivity index (χ4n) is 3.66. The summed E-state index contributed by atoms with van der Waals surface area (Å²) in [4.78, 5) is 18.5. The topological polar surface area (TPSA) is 56.7 Å². The summed E-state index contributed by atoms with van der Waals surface area (Å²) in [5, 5.41) is 6.98. The summed E-state index contributed by atoms with van der Waals surface area (Å²) in [6, 6.07) is 11.0. The van der Waals surface area contributed by atoms with Gasteiger partial charge in [-0.15, -0.1) is 0 Å². The van der Waals surface area contributed by atoms with Crippen molar-refractivity contribution in [1.82, 2.24) is 15.5 Å². The zero-order valence-electron chi connectivity index (χ0n) is 18.3. The minimum absolute atomic E-state index is 0.0628. The van der Waals surface area contributed by atoms with Gasteiger partial charge in [-0.1, -0.05) is 58.0 Å². The molecule has 1 amide bonds. The first-order valence-corrected chi connectivity index (χ1v) is 10.6. The first-order chi connectivity index (χ1) is 13.3. The number of benzene rings is 1. The number of hydrogen-bond acceptors (Lipinski definition) is 2. The third kappa shape index (κ3) is 7.17. The summed E-state index contributed by atoms with van der Waals surface area (Å²) in [6.07, 6.45) is 4.43. The molecule has 2 N–H and O–H groups in total. The standard InChI is InChI=1S/C23H38N4O/c1-18(2)21(28)27-15-13-20(16-27)26-22(24-5)25-17-23(3,4)14-9-12-19-10-7-6-8-11-19/h6-8,10-11,18,20H,9,12-17H2,1-5H3,(H2,24,25,26). The fraction of sp³-hybridized carbons (Fsp3) is 0.652. The van der Waals surface area contributed by atoms with Gasteiger partial charge in [-0.3, -0.25) is 9.79 Å². The quantitative estimate of drug-likeness (QED) is 0.531. The average molecular weight is 387 g/mol. The second-order valence-electron chi connectivity index (χ2n) is 9.00. The van der Waals surface area contributed by atoms with Crippen LogP contribution in [0.2, 0.25) is 0 Å². The van der Waals surface area contributed by atoms with Crippen molar-refractivity contribution in [2.24, 2.45) is 16.3 Å². The number of nitrogens with zero attached hydrogens (tertiary/aromatic N) is 2. The molecule has 5 heteroatoms. The van der Waals surface area contributed by atoms with Gasteiger partial charge in [0.2, 0.25) is 5.91 Å². The molecule has 2 rings (SSSR count). The van der Waals surface area contributed by atoms with Crippen LogP contribution in [0.4, 0.5) is 0 Å². The van der Waals surface area contributed by atoms with E-state index in [9.17, 15) is 4.79 Å². The van der Waals surface area contributed by atoms with Crippen molar-refractivity contribution in [1.29, 1.82) is 0 Å². The highest BCUT2D eigenvalue weighted by Crippen LogP contribution is 2.22. The maximum Gasteiger partial charge on any atom is 0.225 e. The molecule has 1 heterocycles. The van der Waals surface area contributed by atoms with Gasteiger partial charge in [0, 0.05) is 38.6 Å². The Morgan fingerprint density at radius 3 is 2.64 bits per heavy atom. The van der Waals surface area contributed by atoms with Crippen molar-refractivity contribution >= 4 is 11.9 Å². The molecule has 0 aromatic heterocycles. The van der Waals surface area contributed by atoms with Crippen LogP contribution in [0.25, 0.3) is 0 Å². The SMILES string of the molecule is CN=C(NCC(C)(C)CCCc1ccccc1)NC1CCN(C(=O)C(C)C)C1. The number of aliphatic imine (C=N–C) groups is 1. The number of nitrogens with one attached hydrogen (secondary N) is 2. The van der Waals surface area contributed by atoms with Gasteiger partial charge in [0.25, 0.3) is 0 Å². The summed E-state index contributed by atoms with van der Waals surface area (Å²) in [7, 11) is 1.81. The molecule has 0 aliphatic carbocycles. The van der Waals surface area contributed by atoms with Gasteiger partial charge in [0.1, 0.15) is 0 Å². The normalized spacial score (nSPS) is 17.9. The van der Waals surface area contributed by atoms with Crippen molar-refractivity contribution in [2.45, 2.75) is 59.4 Å². The molecular formula is C23H38N4O. The van der Waals surface area contributed by atoms with E-state index >= 15 is 0 Å². The minimum Gasteiger partial charge on any atom is -0.356 e. The Labute approximate surface area is 171 Å². The molecule has 0 bridgehead atoms. The van der Waals surface area contributed by atoms with Gasteiger partial charge in [0.05, 0.1) is 0 Å². The van der Waals surface area contributed by atoms with E-state index in [2.05, 4.69) is 59.8 Å². The number of carbonyl (C=O) groups is 1. The number of rotatable bonds is 8. The van der Waals surface area contributed by atoms with Crippen LogP contribution in [-0.4, -0.2) is 49.5 Å². The fourth-order valence-corrected chi connectivity index (χ4v) is 3.66. The lowest BCUT2D eigenvalue weighted by Crippen LogP contribution is -2.47. The Morgan fingerprint density at radius 1 is 1.29 bits per heavy atom. The van der Waals surface area contributed by atoms with Crippen LogP contribution in [0.5, 0.6) is 0 Å². The number of guanidine groups is 1. The molecule has 28 heavy (non-hydrogen) atoms. The zero-order chi connectivity index (χ0) is 20.6. The van der Waals surface area contributed by atoms with Gasteiger partial charge in [-0.25, -0.2) is 0 Å². The Kier molecular flexibility index (Phi) is 8.34. The third-order valence-electron chi connectivity index (χ3n) is 5.45. The van der Waals surface area contributed by atoms with Gasteiger partial charge in [-0.2, -0.15) is 0 Å². The van der Waals surface area contributed by atoms with Crippen molar-refractivity contribution in [2.75, 3.05) is 26.7 Å². The maximum atomic E-state index is 12.2. The lowest BCUT2D eigenvalue weighted by atomic mass is 9.86. The number of carbonyl (C=O) groups excluding carboxylic acids is 1. The highest BCUT2D eigenvalue weighted by molar-refractivity contribution is 5.81. The molecule has 1 fully saturated rings. The summed E-state index contributed by atoms with van der Waals surface area (Å²) in [5.74, 6) is 1.14. The summed E-state index contributed by atoms with van der Waals surface area (Å²) < 4.78 is 0. The second kappa shape index (κ2) is 10.5. The van der Waals surface area contributed by atoms with Gasteiger partial charge in [0.15, 0.2) is 5.96 Å². The smallest absolute Gasteiger partial charge is 0.225 e. The lowest BCUT2D eigenvalue weighted by Gasteiger charge is -2.27. The number of aryl methyl sites for hydroxylation is 1.